The van der Waals surface area contributed by atoms with Crippen LogP contribution in [0.4, 0.5) is 22.7 Å². The van der Waals surface area contributed by atoms with E-state index in [0.29, 0.717) is 27.1 Å². The average Bonchev–Trinajstić information content (AvgIpc) is 3.28. The van der Waals surface area contributed by atoms with Crippen LogP contribution in [0.2, 0.25) is 10.0 Å². The lowest BCUT2D eigenvalue weighted by molar-refractivity contribution is 0.0224. The summed E-state index contributed by atoms with van der Waals surface area (Å²) in [4.78, 5) is 15.7. The van der Waals surface area contributed by atoms with Gasteiger partial charge in [-0.3, -0.25) is 0 Å². The molecule has 0 aliphatic carbocycles. The van der Waals surface area contributed by atoms with E-state index in [0.717, 1.165) is 45.0 Å². The maximum Gasteiger partial charge on any atom is 0.340 e. The van der Waals surface area contributed by atoms with Crippen LogP contribution in [-0.2, 0) is 10.3 Å². The number of carbonyl (C=O) groups is 1. The SMILES string of the molecule is Cc1cc2c(cc1Nc1ccc(Cl)cc1)C1(OC(=O)c3ccccc31)c1ccc(N(c3ccc(Cl)cc3)C(C)(C)C)cc1O2. The molecule has 1 unspecified atom stereocenters. The summed E-state index contributed by atoms with van der Waals surface area (Å²) >= 11 is 12.4. The molecule has 0 fully saturated rings. The van der Waals surface area contributed by atoms with Crippen molar-refractivity contribution in [1.29, 1.82) is 0 Å². The third-order valence-corrected chi connectivity index (χ3v) is 8.68. The molecule has 0 saturated heterocycles. The van der Waals surface area contributed by atoms with E-state index in [1.165, 1.54) is 0 Å². The van der Waals surface area contributed by atoms with Gasteiger partial charge in [-0.15, -0.1) is 0 Å². The average molecular weight is 622 g/mol. The van der Waals surface area contributed by atoms with Gasteiger partial charge >= 0.3 is 5.97 Å². The third kappa shape index (κ3) is 4.59. The van der Waals surface area contributed by atoms with Crippen LogP contribution in [0.15, 0.2) is 103 Å². The lowest BCUT2D eigenvalue weighted by atomic mass is 9.77. The first-order valence-corrected chi connectivity index (χ1v) is 15.2. The van der Waals surface area contributed by atoms with Gasteiger partial charge in [0.15, 0.2) is 5.60 Å². The molecule has 2 aliphatic heterocycles. The summed E-state index contributed by atoms with van der Waals surface area (Å²) in [5.41, 5.74) is 6.06. The highest BCUT2D eigenvalue weighted by Crippen LogP contribution is 2.57. The highest BCUT2D eigenvalue weighted by molar-refractivity contribution is 6.30. The number of esters is 1. The first kappa shape index (κ1) is 28.3. The summed E-state index contributed by atoms with van der Waals surface area (Å²) in [6.07, 6.45) is 0. The molecule has 5 aromatic carbocycles. The van der Waals surface area contributed by atoms with E-state index in [2.05, 4.69) is 37.1 Å². The van der Waals surface area contributed by atoms with Crippen LogP contribution >= 0.6 is 23.2 Å². The Balaban J connectivity index is 1.42. The number of anilines is 4. The normalized spacial score (nSPS) is 16.5. The predicted molar refractivity (Wildman–Crippen MR) is 178 cm³/mol. The van der Waals surface area contributed by atoms with Crippen LogP contribution < -0.4 is 15.0 Å². The first-order valence-electron chi connectivity index (χ1n) is 14.4. The highest BCUT2D eigenvalue weighted by Gasteiger charge is 2.53. The monoisotopic (exact) mass is 620 g/mol. The fourth-order valence-electron chi connectivity index (χ4n) is 6.28. The number of fused-ring (bicyclic) bond motifs is 6. The molecule has 7 rings (SSSR count). The van der Waals surface area contributed by atoms with E-state index in [1.807, 2.05) is 104 Å². The van der Waals surface area contributed by atoms with Crippen molar-refractivity contribution >= 4 is 51.9 Å². The van der Waals surface area contributed by atoms with Gasteiger partial charge in [0.25, 0.3) is 0 Å². The lowest BCUT2D eigenvalue weighted by Crippen LogP contribution is -2.38. The Morgan fingerprint density at radius 2 is 1.36 bits per heavy atom. The smallest absolute Gasteiger partial charge is 0.340 e. The van der Waals surface area contributed by atoms with Crippen molar-refractivity contribution in [1.82, 2.24) is 0 Å². The quantitative estimate of drug-likeness (QED) is 0.202. The predicted octanol–water partition coefficient (Wildman–Crippen LogP) is 10.6. The summed E-state index contributed by atoms with van der Waals surface area (Å²) in [5, 5.41) is 4.85. The number of hydrogen-bond acceptors (Lipinski definition) is 5. The molecule has 0 radical (unpaired) electrons. The van der Waals surface area contributed by atoms with Crippen LogP contribution in [-0.4, -0.2) is 11.5 Å². The van der Waals surface area contributed by atoms with Gasteiger partial charge in [-0.05, 0) is 112 Å². The molecule has 5 aromatic rings. The van der Waals surface area contributed by atoms with Crippen molar-refractivity contribution in [2.45, 2.75) is 38.8 Å². The van der Waals surface area contributed by atoms with Crippen molar-refractivity contribution in [3.8, 4) is 11.5 Å². The Morgan fingerprint density at radius 3 is 2.07 bits per heavy atom. The van der Waals surface area contributed by atoms with E-state index in [-0.39, 0.29) is 11.5 Å². The minimum absolute atomic E-state index is 0.266. The standard InChI is InChI=1S/C37H30Cl2N2O3/c1-22-19-33-31(21-32(22)40-25-13-9-23(38)10-14-25)37(29-8-6-5-7-28(29)35(42)44-37)30-18-17-27(20-34(30)43-33)41(36(2,3)4)26-15-11-24(39)12-16-26/h5-21,40H,1-4H3. The number of ether oxygens (including phenoxy) is 2. The van der Waals surface area contributed by atoms with Crippen LogP contribution in [0.25, 0.3) is 0 Å². The largest absolute Gasteiger partial charge is 0.456 e. The lowest BCUT2D eigenvalue weighted by Gasteiger charge is -2.40. The number of carbonyl (C=O) groups excluding carboxylic acids is 1. The minimum atomic E-state index is -1.19. The summed E-state index contributed by atoms with van der Waals surface area (Å²) in [6.45, 7) is 8.50. The van der Waals surface area contributed by atoms with Crippen LogP contribution in [0.1, 0.15) is 53.4 Å². The van der Waals surface area contributed by atoms with E-state index < -0.39 is 5.60 Å². The van der Waals surface area contributed by atoms with Crippen molar-refractivity contribution in [3.05, 3.63) is 141 Å². The summed E-state index contributed by atoms with van der Waals surface area (Å²) in [6, 6.07) is 33.1. The number of rotatable bonds is 4. The van der Waals surface area contributed by atoms with E-state index in [4.69, 9.17) is 32.7 Å². The Kier molecular flexibility index (Phi) is 6.65. The maximum absolute atomic E-state index is 13.4. The number of benzene rings is 5. The van der Waals surface area contributed by atoms with Crippen LogP contribution in [0.5, 0.6) is 11.5 Å². The number of aryl methyl sites for hydroxylation is 1. The molecule has 1 N–H and O–H groups in total. The number of hydrogen-bond donors (Lipinski definition) is 1. The van der Waals surface area contributed by atoms with Gasteiger partial charge in [0.2, 0.25) is 0 Å². The fourth-order valence-corrected chi connectivity index (χ4v) is 6.54. The fraction of sp³-hybridized carbons (Fsp3) is 0.162. The zero-order chi connectivity index (χ0) is 30.8. The molecule has 44 heavy (non-hydrogen) atoms. The van der Waals surface area contributed by atoms with Gasteiger partial charge < -0.3 is 19.7 Å². The second-order valence-electron chi connectivity index (χ2n) is 12.2. The van der Waals surface area contributed by atoms with Crippen molar-refractivity contribution in [3.63, 3.8) is 0 Å². The Morgan fingerprint density at radius 1 is 0.727 bits per heavy atom. The molecular formula is C37H30Cl2N2O3. The molecule has 220 valence electrons. The Labute approximate surface area is 267 Å². The van der Waals surface area contributed by atoms with E-state index >= 15 is 0 Å². The van der Waals surface area contributed by atoms with E-state index in [1.54, 1.807) is 0 Å². The van der Waals surface area contributed by atoms with Crippen molar-refractivity contribution in [2.24, 2.45) is 0 Å². The maximum atomic E-state index is 13.4. The number of halogens is 2. The van der Waals surface area contributed by atoms with Gasteiger partial charge in [-0.25, -0.2) is 4.79 Å². The van der Waals surface area contributed by atoms with Gasteiger partial charge in [-0.1, -0.05) is 41.4 Å². The molecular weight excluding hydrogens is 591 g/mol. The van der Waals surface area contributed by atoms with Gasteiger partial charge in [-0.2, -0.15) is 0 Å². The van der Waals surface area contributed by atoms with Crippen molar-refractivity contribution in [2.75, 3.05) is 10.2 Å². The summed E-state index contributed by atoms with van der Waals surface area (Å²) in [7, 11) is 0. The second-order valence-corrected chi connectivity index (χ2v) is 13.0. The summed E-state index contributed by atoms with van der Waals surface area (Å²) < 4.78 is 13.1. The zero-order valence-corrected chi connectivity index (χ0v) is 26.3. The first-order chi connectivity index (χ1) is 21.0. The Bertz CT molecular complexity index is 1930. The van der Waals surface area contributed by atoms with Gasteiger partial charge in [0, 0.05) is 61.1 Å². The molecule has 1 atom stereocenters. The zero-order valence-electron chi connectivity index (χ0n) is 24.7. The van der Waals surface area contributed by atoms with Crippen LogP contribution in [0.3, 0.4) is 0 Å². The molecule has 2 aliphatic rings. The molecule has 7 heteroatoms. The highest BCUT2D eigenvalue weighted by atomic mass is 35.5. The topological polar surface area (TPSA) is 50.8 Å². The Hall–Kier alpha value is -4.45. The molecule has 0 bridgehead atoms. The van der Waals surface area contributed by atoms with E-state index in [9.17, 15) is 4.79 Å². The molecule has 1 spiro atoms. The van der Waals surface area contributed by atoms with Gasteiger partial charge in [0.05, 0.1) is 5.56 Å². The molecule has 0 aromatic heterocycles. The van der Waals surface area contributed by atoms with Crippen LogP contribution in [0, 0.1) is 6.92 Å². The molecule has 5 nitrogen and oxygen atoms in total. The third-order valence-electron chi connectivity index (χ3n) is 8.18. The van der Waals surface area contributed by atoms with Gasteiger partial charge in [0.1, 0.15) is 11.5 Å². The molecule has 2 heterocycles. The molecule has 0 amide bonds. The number of nitrogens with zero attached hydrogens (tertiary/aromatic N) is 1. The number of nitrogens with one attached hydrogen (secondary N) is 1. The molecule has 0 saturated carbocycles. The minimum Gasteiger partial charge on any atom is -0.456 e. The summed E-state index contributed by atoms with van der Waals surface area (Å²) in [5.74, 6) is 0.890. The van der Waals surface area contributed by atoms with Crippen molar-refractivity contribution < 1.29 is 14.3 Å². The second kappa shape index (κ2) is 10.3.